The summed E-state index contributed by atoms with van der Waals surface area (Å²) in [4.78, 5) is 12.1. The number of amides is 1. The molecule has 0 saturated heterocycles. The third-order valence-electron chi connectivity index (χ3n) is 3.61. The standard InChI is InChI=1S/C15H14Cl2N2O2/c1-8-4-10(19-21-8)7-18-15(20)13-6-12(13)11-3-2-9(16)5-14(11)17/h2-5,12-13H,6-7H2,1H3,(H,18,20)/t12-,13+/m0/s1. The average molecular weight is 325 g/mol. The summed E-state index contributed by atoms with van der Waals surface area (Å²) in [6.07, 6.45) is 0.811. The van der Waals surface area contributed by atoms with Gasteiger partial charge in [-0.25, -0.2) is 0 Å². The highest BCUT2D eigenvalue weighted by atomic mass is 35.5. The number of hydrogen-bond acceptors (Lipinski definition) is 3. The van der Waals surface area contributed by atoms with Gasteiger partial charge >= 0.3 is 0 Å². The zero-order chi connectivity index (χ0) is 15.0. The Hall–Kier alpha value is -1.52. The van der Waals surface area contributed by atoms with Gasteiger partial charge in [0.2, 0.25) is 5.91 Å². The molecule has 0 radical (unpaired) electrons. The van der Waals surface area contributed by atoms with Gasteiger partial charge in [0.25, 0.3) is 0 Å². The molecule has 0 aliphatic heterocycles. The first-order valence-electron chi connectivity index (χ1n) is 6.69. The van der Waals surface area contributed by atoms with Crippen LogP contribution in [0.5, 0.6) is 0 Å². The normalized spacial score (nSPS) is 20.3. The summed E-state index contributed by atoms with van der Waals surface area (Å²) in [7, 11) is 0. The molecule has 0 bridgehead atoms. The van der Waals surface area contributed by atoms with Crippen LogP contribution in [0.2, 0.25) is 10.0 Å². The quantitative estimate of drug-likeness (QED) is 0.932. The zero-order valence-corrected chi connectivity index (χ0v) is 12.9. The molecule has 0 unspecified atom stereocenters. The maximum Gasteiger partial charge on any atom is 0.224 e. The molecule has 0 spiro atoms. The molecule has 2 aromatic rings. The second-order valence-corrected chi connectivity index (χ2v) is 6.10. The lowest BCUT2D eigenvalue weighted by Gasteiger charge is -2.05. The van der Waals surface area contributed by atoms with Crippen LogP contribution >= 0.6 is 23.2 Å². The van der Waals surface area contributed by atoms with Gasteiger partial charge in [0.1, 0.15) is 11.5 Å². The molecular weight excluding hydrogens is 311 g/mol. The topological polar surface area (TPSA) is 55.1 Å². The number of carbonyl (C=O) groups is 1. The Morgan fingerprint density at radius 3 is 2.90 bits per heavy atom. The lowest BCUT2D eigenvalue weighted by Crippen LogP contribution is -2.25. The molecule has 1 N–H and O–H groups in total. The molecule has 1 saturated carbocycles. The van der Waals surface area contributed by atoms with E-state index < -0.39 is 0 Å². The highest BCUT2D eigenvalue weighted by molar-refractivity contribution is 6.35. The van der Waals surface area contributed by atoms with Crippen LogP contribution in [-0.2, 0) is 11.3 Å². The van der Waals surface area contributed by atoms with Crippen LogP contribution in [0, 0.1) is 12.8 Å². The van der Waals surface area contributed by atoms with Gasteiger partial charge in [-0.15, -0.1) is 0 Å². The summed E-state index contributed by atoms with van der Waals surface area (Å²) in [5.74, 6) is 0.897. The van der Waals surface area contributed by atoms with Gasteiger partial charge in [-0.1, -0.05) is 34.4 Å². The summed E-state index contributed by atoms with van der Waals surface area (Å²) in [5.41, 5.74) is 1.71. The van der Waals surface area contributed by atoms with Gasteiger partial charge in [0, 0.05) is 22.0 Å². The Labute approximate surface area is 132 Å². The summed E-state index contributed by atoms with van der Waals surface area (Å²) in [6.45, 7) is 2.20. The van der Waals surface area contributed by atoms with Crippen molar-refractivity contribution in [2.24, 2.45) is 5.92 Å². The van der Waals surface area contributed by atoms with Gasteiger partial charge in [-0.05, 0) is 37.0 Å². The van der Waals surface area contributed by atoms with Crippen molar-refractivity contribution in [3.05, 3.63) is 51.3 Å². The van der Waals surface area contributed by atoms with E-state index in [4.69, 9.17) is 27.7 Å². The molecule has 1 fully saturated rings. The Kier molecular flexibility index (Phi) is 3.91. The van der Waals surface area contributed by atoms with Gasteiger partial charge in [0.05, 0.1) is 6.54 Å². The van der Waals surface area contributed by atoms with Crippen molar-refractivity contribution in [1.29, 1.82) is 0 Å². The minimum Gasteiger partial charge on any atom is -0.361 e. The first-order valence-corrected chi connectivity index (χ1v) is 7.45. The van der Waals surface area contributed by atoms with Crippen molar-refractivity contribution < 1.29 is 9.32 Å². The number of aryl methyl sites for hydroxylation is 1. The fourth-order valence-electron chi connectivity index (χ4n) is 2.44. The molecule has 110 valence electrons. The SMILES string of the molecule is Cc1cc(CNC(=O)[C@@H]2C[C@H]2c2ccc(Cl)cc2Cl)no1. The van der Waals surface area contributed by atoms with Crippen LogP contribution in [0.15, 0.2) is 28.8 Å². The second kappa shape index (κ2) is 5.70. The largest absolute Gasteiger partial charge is 0.361 e. The first kappa shape index (κ1) is 14.4. The molecule has 4 nitrogen and oxygen atoms in total. The van der Waals surface area contributed by atoms with E-state index in [9.17, 15) is 4.79 Å². The van der Waals surface area contributed by atoms with Crippen molar-refractivity contribution in [2.75, 3.05) is 0 Å². The lowest BCUT2D eigenvalue weighted by atomic mass is 10.1. The molecular formula is C15H14Cl2N2O2. The van der Waals surface area contributed by atoms with Crippen LogP contribution < -0.4 is 5.32 Å². The Bertz CT molecular complexity index is 684. The van der Waals surface area contributed by atoms with Crippen molar-refractivity contribution >= 4 is 29.1 Å². The summed E-state index contributed by atoms with van der Waals surface area (Å²) >= 11 is 12.1. The highest BCUT2D eigenvalue weighted by Crippen LogP contribution is 2.50. The number of aromatic nitrogens is 1. The Morgan fingerprint density at radius 2 is 2.24 bits per heavy atom. The molecule has 1 aromatic heterocycles. The van der Waals surface area contributed by atoms with E-state index in [1.807, 2.05) is 13.0 Å². The van der Waals surface area contributed by atoms with Crippen molar-refractivity contribution in [3.63, 3.8) is 0 Å². The molecule has 21 heavy (non-hydrogen) atoms. The van der Waals surface area contributed by atoms with E-state index in [1.54, 1.807) is 18.2 Å². The van der Waals surface area contributed by atoms with Gasteiger partial charge in [-0.2, -0.15) is 0 Å². The molecule has 6 heteroatoms. The first-order chi connectivity index (χ1) is 10.0. The number of carbonyl (C=O) groups excluding carboxylic acids is 1. The number of rotatable bonds is 4. The molecule has 1 heterocycles. The van der Waals surface area contributed by atoms with Crippen molar-refractivity contribution in [1.82, 2.24) is 10.5 Å². The Balaban J connectivity index is 1.58. The maximum absolute atomic E-state index is 12.1. The maximum atomic E-state index is 12.1. The number of nitrogens with one attached hydrogen (secondary N) is 1. The van der Waals surface area contributed by atoms with E-state index >= 15 is 0 Å². The van der Waals surface area contributed by atoms with Crippen LogP contribution in [0.1, 0.15) is 29.4 Å². The smallest absolute Gasteiger partial charge is 0.224 e. The third-order valence-corrected chi connectivity index (χ3v) is 4.17. The van der Waals surface area contributed by atoms with Gasteiger partial charge in [0.15, 0.2) is 0 Å². The zero-order valence-electron chi connectivity index (χ0n) is 11.4. The fourth-order valence-corrected chi connectivity index (χ4v) is 2.99. The molecule has 1 aliphatic carbocycles. The van der Waals surface area contributed by atoms with E-state index in [0.717, 1.165) is 23.4 Å². The van der Waals surface area contributed by atoms with E-state index in [1.165, 1.54) is 0 Å². The predicted molar refractivity (Wildman–Crippen MR) is 80.4 cm³/mol. The minimum atomic E-state index is -0.0309. The van der Waals surface area contributed by atoms with Crippen LogP contribution in [0.25, 0.3) is 0 Å². The highest BCUT2D eigenvalue weighted by Gasteiger charge is 2.44. The van der Waals surface area contributed by atoms with Crippen molar-refractivity contribution in [2.45, 2.75) is 25.8 Å². The second-order valence-electron chi connectivity index (χ2n) is 5.26. The molecule has 3 rings (SSSR count). The third kappa shape index (κ3) is 3.22. The van der Waals surface area contributed by atoms with Crippen LogP contribution in [0.4, 0.5) is 0 Å². The predicted octanol–water partition coefficient (Wildman–Crippen LogP) is 3.71. The number of nitrogens with zero attached hydrogens (tertiary/aromatic N) is 1. The summed E-state index contributed by atoms with van der Waals surface area (Å²) in [6, 6.07) is 7.21. The monoisotopic (exact) mass is 324 g/mol. The van der Waals surface area contributed by atoms with E-state index in [0.29, 0.717) is 16.6 Å². The van der Waals surface area contributed by atoms with Gasteiger partial charge < -0.3 is 9.84 Å². The Morgan fingerprint density at radius 1 is 1.43 bits per heavy atom. The number of benzene rings is 1. The summed E-state index contributed by atoms with van der Waals surface area (Å²) in [5, 5.41) is 7.94. The fraction of sp³-hybridized carbons (Fsp3) is 0.333. The van der Waals surface area contributed by atoms with Crippen molar-refractivity contribution in [3.8, 4) is 0 Å². The lowest BCUT2D eigenvalue weighted by molar-refractivity contribution is -0.122. The van der Waals surface area contributed by atoms with Crippen LogP contribution in [0.3, 0.4) is 0 Å². The molecule has 1 amide bonds. The molecule has 1 aromatic carbocycles. The number of halogens is 2. The van der Waals surface area contributed by atoms with Gasteiger partial charge in [-0.3, -0.25) is 4.79 Å². The summed E-state index contributed by atoms with van der Waals surface area (Å²) < 4.78 is 4.96. The van der Waals surface area contributed by atoms with E-state index in [-0.39, 0.29) is 17.7 Å². The molecule has 2 atom stereocenters. The number of hydrogen-bond donors (Lipinski definition) is 1. The molecule has 1 aliphatic rings. The van der Waals surface area contributed by atoms with E-state index in [2.05, 4.69) is 10.5 Å². The average Bonchev–Trinajstić information content (AvgIpc) is 3.11. The van der Waals surface area contributed by atoms with Crippen LogP contribution in [-0.4, -0.2) is 11.1 Å². The minimum absolute atomic E-state index is 0.0201.